The van der Waals surface area contributed by atoms with Crippen molar-refractivity contribution in [3.05, 3.63) is 72.7 Å². The van der Waals surface area contributed by atoms with E-state index in [-0.39, 0.29) is 5.91 Å². The number of nitrogens with one attached hydrogen (secondary N) is 1. The van der Waals surface area contributed by atoms with Gasteiger partial charge in [-0.05, 0) is 35.9 Å². The second-order valence-corrected chi connectivity index (χ2v) is 9.14. The molecular formula is C22H21N5O3S. The highest BCUT2D eigenvalue weighted by atomic mass is 32.2. The van der Waals surface area contributed by atoms with E-state index in [4.69, 9.17) is 0 Å². The minimum Gasteiger partial charge on any atom is -0.345 e. The number of rotatable bonds is 5. The van der Waals surface area contributed by atoms with Gasteiger partial charge in [-0.2, -0.15) is 5.10 Å². The number of benzene rings is 2. The van der Waals surface area contributed by atoms with E-state index in [0.29, 0.717) is 11.3 Å². The third-order valence-corrected chi connectivity index (χ3v) is 5.35. The second kappa shape index (κ2) is 7.84. The van der Waals surface area contributed by atoms with Crippen LogP contribution >= 0.6 is 0 Å². The molecule has 8 nitrogen and oxygen atoms in total. The van der Waals surface area contributed by atoms with E-state index in [2.05, 4.69) is 14.8 Å². The minimum absolute atomic E-state index is 0.0458. The molecule has 2 aromatic carbocycles. The first-order valence-electron chi connectivity index (χ1n) is 9.45. The summed E-state index contributed by atoms with van der Waals surface area (Å²) >= 11 is 0. The first kappa shape index (κ1) is 20.5. The molecule has 9 heteroatoms. The van der Waals surface area contributed by atoms with Crippen LogP contribution in [-0.2, 0) is 10.0 Å². The average molecular weight is 436 g/mol. The molecular weight excluding hydrogens is 414 g/mol. The number of fused-ring (bicyclic) bond motifs is 1. The summed E-state index contributed by atoms with van der Waals surface area (Å²) in [6.07, 6.45) is 4.50. The fourth-order valence-corrected chi connectivity index (χ4v) is 3.85. The molecule has 0 fully saturated rings. The van der Waals surface area contributed by atoms with Crippen molar-refractivity contribution in [2.24, 2.45) is 0 Å². The molecule has 0 spiro atoms. The van der Waals surface area contributed by atoms with Crippen LogP contribution in [0, 0.1) is 0 Å². The third-order valence-electron chi connectivity index (χ3n) is 4.74. The van der Waals surface area contributed by atoms with Gasteiger partial charge in [0.05, 0.1) is 17.5 Å². The van der Waals surface area contributed by atoms with Crippen LogP contribution in [0.1, 0.15) is 10.4 Å². The SMILES string of the molecule is CN(C)C(=O)c1ccc(-c2cc3c(-c4ccc(NS(C)(=O)=O)cc4)ncnn3c2)cc1. The van der Waals surface area contributed by atoms with Crippen LogP contribution in [0.4, 0.5) is 5.69 Å². The molecule has 31 heavy (non-hydrogen) atoms. The largest absolute Gasteiger partial charge is 0.345 e. The molecule has 0 aliphatic rings. The molecule has 2 heterocycles. The molecule has 4 aromatic rings. The van der Waals surface area contributed by atoms with Gasteiger partial charge < -0.3 is 4.90 Å². The zero-order chi connectivity index (χ0) is 22.2. The standard InChI is InChI=1S/C22H21N5O3S/c1-26(2)22(28)17-6-4-15(5-7-17)18-12-20-21(23-14-24-27(20)13-18)16-8-10-19(11-9-16)25-31(3,29)30/h4-14,25H,1-3H3. The van der Waals surface area contributed by atoms with Gasteiger partial charge in [0.25, 0.3) is 5.91 Å². The summed E-state index contributed by atoms with van der Waals surface area (Å²) in [5.74, 6) is -0.0458. The normalized spacial score (nSPS) is 11.5. The van der Waals surface area contributed by atoms with Crippen molar-refractivity contribution >= 4 is 27.1 Å². The van der Waals surface area contributed by atoms with Gasteiger partial charge in [-0.15, -0.1) is 0 Å². The Kier molecular flexibility index (Phi) is 5.20. The number of carbonyl (C=O) groups is 1. The van der Waals surface area contributed by atoms with E-state index >= 15 is 0 Å². The van der Waals surface area contributed by atoms with E-state index in [1.54, 1.807) is 47.8 Å². The summed E-state index contributed by atoms with van der Waals surface area (Å²) in [4.78, 5) is 18.1. The summed E-state index contributed by atoms with van der Waals surface area (Å²) in [7, 11) is 0.112. The highest BCUT2D eigenvalue weighted by Gasteiger charge is 2.12. The molecule has 4 rings (SSSR count). The Labute approximate surface area is 180 Å². The van der Waals surface area contributed by atoms with Crippen molar-refractivity contribution in [1.29, 1.82) is 0 Å². The van der Waals surface area contributed by atoms with Crippen molar-refractivity contribution in [2.75, 3.05) is 25.1 Å². The molecule has 0 atom stereocenters. The van der Waals surface area contributed by atoms with Gasteiger partial charge in [-0.1, -0.05) is 24.3 Å². The summed E-state index contributed by atoms with van der Waals surface area (Å²) in [6.45, 7) is 0. The minimum atomic E-state index is -3.33. The number of anilines is 1. The Hall–Kier alpha value is -3.72. The van der Waals surface area contributed by atoms with Crippen LogP contribution in [-0.4, -0.2) is 54.2 Å². The number of nitrogens with zero attached hydrogens (tertiary/aromatic N) is 4. The number of aromatic nitrogens is 3. The van der Waals surface area contributed by atoms with Gasteiger partial charge in [-0.3, -0.25) is 9.52 Å². The second-order valence-electron chi connectivity index (χ2n) is 7.40. The summed E-state index contributed by atoms with van der Waals surface area (Å²) < 4.78 is 27.0. The maximum Gasteiger partial charge on any atom is 0.253 e. The number of amides is 1. The van der Waals surface area contributed by atoms with Gasteiger partial charge in [0, 0.05) is 42.7 Å². The molecule has 0 bridgehead atoms. The third kappa shape index (κ3) is 4.41. The average Bonchev–Trinajstić information content (AvgIpc) is 3.17. The van der Waals surface area contributed by atoms with Crippen LogP contribution in [0.2, 0.25) is 0 Å². The van der Waals surface area contributed by atoms with Crippen LogP contribution in [0.3, 0.4) is 0 Å². The van der Waals surface area contributed by atoms with E-state index in [9.17, 15) is 13.2 Å². The van der Waals surface area contributed by atoms with Crippen molar-refractivity contribution < 1.29 is 13.2 Å². The fourth-order valence-electron chi connectivity index (χ4n) is 3.28. The monoisotopic (exact) mass is 435 g/mol. The Balaban J connectivity index is 1.68. The number of sulfonamides is 1. The van der Waals surface area contributed by atoms with E-state index in [1.165, 1.54) is 6.33 Å². The number of carbonyl (C=O) groups excluding carboxylic acids is 1. The molecule has 158 valence electrons. The van der Waals surface area contributed by atoms with Gasteiger partial charge in [-0.25, -0.2) is 17.9 Å². The number of hydrogen-bond acceptors (Lipinski definition) is 5. The smallest absolute Gasteiger partial charge is 0.253 e. The van der Waals surface area contributed by atoms with Crippen LogP contribution in [0.15, 0.2) is 67.1 Å². The lowest BCUT2D eigenvalue weighted by molar-refractivity contribution is 0.0827. The Bertz CT molecular complexity index is 1360. The van der Waals surface area contributed by atoms with Crippen LogP contribution in [0.25, 0.3) is 27.9 Å². The van der Waals surface area contributed by atoms with Crippen LogP contribution < -0.4 is 4.72 Å². The lowest BCUT2D eigenvalue weighted by Crippen LogP contribution is -2.21. The van der Waals surface area contributed by atoms with Crippen LogP contribution in [0.5, 0.6) is 0 Å². The molecule has 0 aliphatic heterocycles. The molecule has 1 N–H and O–H groups in total. The van der Waals surface area contributed by atoms with E-state index < -0.39 is 10.0 Å². The van der Waals surface area contributed by atoms with Gasteiger partial charge in [0.2, 0.25) is 10.0 Å². The van der Waals surface area contributed by atoms with Crippen molar-refractivity contribution in [3.8, 4) is 22.4 Å². The van der Waals surface area contributed by atoms with Gasteiger partial charge >= 0.3 is 0 Å². The molecule has 0 saturated carbocycles. The maximum absolute atomic E-state index is 12.1. The zero-order valence-electron chi connectivity index (χ0n) is 17.3. The topological polar surface area (TPSA) is 96.7 Å². The summed E-state index contributed by atoms with van der Waals surface area (Å²) in [6, 6.07) is 16.4. The molecule has 0 aliphatic carbocycles. The zero-order valence-corrected chi connectivity index (χ0v) is 18.1. The van der Waals surface area contributed by atoms with Crippen molar-refractivity contribution in [2.45, 2.75) is 0 Å². The predicted octanol–water partition coefficient (Wildman–Crippen LogP) is 3.14. The first-order valence-corrected chi connectivity index (χ1v) is 11.3. The Morgan fingerprint density at radius 2 is 1.61 bits per heavy atom. The van der Waals surface area contributed by atoms with Gasteiger partial charge in [0.1, 0.15) is 6.33 Å². The van der Waals surface area contributed by atoms with Crippen molar-refractivity contribution in [1.82, 2.24) is 19.5 Å². The Morgan fingerprint density at radius 1 is 0.968 bits per heavy atom. The molecule has 2 aromatic heterocycles. The molecule has 1 amide bonds. The fraction of sp³-hybridized carbons (Fsp3) is 0.136. The Morgan fingerprint density at radius 3 is 2.23 bits per heavy atom. The molecule has 0 radical (unpaired) electrons. The quantitative estimate of drug-likeness (QED) is 0.519. The van der Waals surface area contributed by atoms with E-state index in [1.807, 2.05) is 36.5 Å². The summed E-state index contributed by atoms with van der Waals surface area (Å²) in [5, 5.41) is 4.30. The highest BCUT2D eigenvalue weighted by molar-refractivity contribution is 7.92. The van der Waals surface area contributed by atoms with E-state index in [0.717, 1.165) is 34.2 Å². The lowest BCUT2D eigenvalue weighted by Gasteiger charge is -2.10. The first-order chi connectivity index (χ1) is 14.7. The highest BCUT2D eigenvalue weighted by Crippen LogP contribution is 2.29. The predicted molar refractivity (Wildman–Crippen MR) is 120 cm³/mol. The maximum atomic E-state index is 12.1. The lowest BCUT2D eigenvalue weighted by atomic mass is 10.1. The molecule has 0 unspecified atom stereocenters. The molecule has 0 saturated heterocycles. The number of hydrogen-bond donors (Lipinski definition) is 1. The van der Waals surface area contributed by atoms with Crippen molar-refractivity contribution in [3.63, 3.8) is 0 Å². The summed E-state index contributed by atoms with van der Waals surface area (Å²) in [5.41, 5.74) is 5.39. The van der Waals surface area contributed by atoms with Gasteiger partial charge in [0.15, 0.2) is 0 Å².